The number of benzene rings is 1. The van der Waals surface area contributed by atoms with Crippen molar-refractivity contribution >= 4 is 0 Å². The van der Waals surface area contributed by atoms with Crippen molar-refractivity contribution in [2.24, 2.45) is 0 Å². The maximum Gasteiger partial charge on any atom is 0.119 e. The molecule has 3 nitrogen and oxygen atoms in total. The van der Waals surface area contributed by atoms with Crippen LogP contribution < -0.4 is 4.74 Å². The van der Waals surface area contributed by atoms with Crippen molar-refractivity contribution in [1.82, 2.24) is 0 Å². The fourth-order valence-electron chi connectivity index (χ4n) is 1.84. The minimum absolute atomic E-state index is 0.144. The van der Waals surface area contributed by atoms with Gasteiger partial charge < -0.3 is 14.3 Å². The average molecular weight is 246 g/mol. The van der Waals surface area contributed by atoms with Gasteiger partial charge >= 0.3 is 0 Å². The highest BCUT2D eigenvalue weighted by Gasteiger charge is 2.26. The van der Waals surface area contributed by atoms with Crippen LogP contribution in [-0.4, -0.2) is 11.2 Å². The predicted molar refractivity (Wildman–Crippen MR) is 69.6 cm³/mol. The molecule has 0 aliphatic rings. The van der Waals surface area contributed by atoms with E-state index in [4.69, 9.17) is 9.15 Å². The Morgan fingerprint density at radius 1 is 1.11 bits per heavy atom. The van der Waals surface area contributed by atoms with E-state index in [2.05, 4.69) is 0 Å². The lowest BCUT2D eigenvalue weighted by molar-refractivity contribution is 0.101. The van der Waals surface area contributed by atoms with Crippen LogP contribution in [0.2, 0.25) is 0 Å². The third-order valence-electron chi connectivity index (χ3n) is 2.87. The molecule has 1 atom stereocenters. The minimum Gasteiger partial charge on any atom is -0.491 e. The number of furan rings is 1. The molecule has 0 aliphatic carbocycles. The molecule has 18 heavy (non-hydrogen) atoms. The molecule has 1 N–H and O–H groups in total. The second-order valence-electron chi connectivity index (χ2n) is 4.78. The molecule has 1 aromatic heterocycles. The summed E-state index contributed by atoms with van der Waals surface area (Å²) < 4.78 is 10.6. The largest absolute Gasteiger partial charge is 0.491 e. The highest BCUT2D eigenvalue weighted by Crippen LogP contribution is 2.30. The Kier molecular flexibility index (Phi) is 3.43. The van der Waals surface area contributed by atoms with Gasteiger partial charge in [0.2, 0.25) is 0 Å². The van der Waals surface area contributed by atoms with Crippen molar-refractivity contribution in [1.29, 1.82) is 0 Å². The third-order valence-corrected chi connectivity index (χ3v) is 2.87. The lowest BCUT2D eigenvalue weighted by atomic mass is 9.90. The number of ether oxygens (including phenoxy) is 1. The average Bonchev–Trinajstić information content (AvgIpc) is 2.83. The molecular formula is C15H18O3. The van der Waals surface area contributed by atoms with Gasteiger partial charge in [0.1, 0.15) is 11.4 Å². The van der Waals surface area contributed by atoms with Crippen molar-refractivity contribution in [2.45, 2.75) is 32.5 Å². The highest BCUT2D eigenvalue weighted by atomic mass is 16.5. The Hall–Kier alpha value is -1.74. The minimum atomic E-state index is -1.05. The Morgan fingerprint density at radius 3 is 2.28 bits per heavy atom. The van der Waals surface area contributed by atoms with Crippen LogP contribution in [0.5, 0.6) is 5.75 Å². The summed E-state index contributed by atoms with van der Waals surface area (Å²) in [5, 5.41) is 10.5. The standard InChI is InChI=1S/C15H18O3/c1-11(2)18-14-6-4-12(5-7-14)15(3,16)13-8-9-17-10-13/h4-11,16H,1-3H3. The number of hydrogen-bond acceptors (Lipinski definition) is 3. The Balaban J connectivity index is 2.24. The third kappa shape index (κ3) is 2.57. The fraction of sp³-hybridized carbons (Fsp3) is 0.333. The summed E-state index contributed by atoms with van der Waals surface area (Å²) in [7, 11) is 0. The van der Waals surface area contributed by atoms with E-state index in [-0.39, 0.29) is 6.10 Å². The molecule has 1 unspecified atom stereocenters. The van der Waals surface area contributed by atoms with Crippen molar-refractivity contribution in [3.8, 4) is 5.75 Å². The van der Waals surface area contributed by atoms with Crippen LogP contribution in [0.25, 0.3) is 0 Å². The van der Waals surface area contributed by atoms with E-state index < -0.39 is 5.60 Å². The van der Waals surface area contributed by atoms with Crippen LogP contribution in [-0.2, 0) is 5.60 Å². The van der Waals surface area contributed by atoms with Gasteiger partial charge in [-0.05, 0) is 44.5 Å². The second-order valence-corrected chi connectivity index (χ2v) is 4.78. The van der Waals surface area contributed by atoms with Gasteiger partial charge in [0, 0.05) is 5.56 Å². The van der Waals surface area contributed by atoms with Crippen LogP contribution >= 0.6 is 0 Å². The number of aliphatic hydroxyl groups is 1. The zero-order valence-electron chi connectivity index (χ0n) is 10.9. The first kappa shape index (κ1) is 12.7. The normalized spacial score (nSPS) is 14.5. The smallest absolute Gasteiger partial charge is 0.119 e. The van der Waals surface area contributed by atoms with E-state index in [9.17, 15) is 5.11 Å². The summed E-state index contributed by atoms with van der Waals surface area (Å²) in [5.74, 6) is 0.803. The first-order chi connectivity index (χ1) is 8.50. The SMILES string of the molecule is CC(C)Oc1ccc(C(C)(O)c2ccoc2)cc1. The maximum atomic E-state index is 10.5. The summed E-state index contributed by atoms with van der Waals surface area (Å²) in [6.45, 7) is 5.71. The molecule has 2 rings (SSSR count). The highest BCUT2D eigenvalue weighted by molar-refractivity contribution is 5.36. The van der Waals surface area contributed by atoms with E-state index >= 15 is 0 Å². The Bertz CT molecular complexity index is 481. The van der Waals surface area contributed by atoms with Gasteiger partial charge in [0.05, 0.1) is 18.6 Å². The van der Waals surface area contributed by atoms with Crippen molar-refractivity contribution in [3.05, 3.63) is 54.0 Å². The molecule has 0 saturated carbocycles. The van der Waals surface area contributed by atoms with Crippen molar-refractivity contribution in [2.75, 3.05) is 0 Å². The summed E-state index contributed by atoms with van der Waals surface area (Å²) in [4.78, 5) is 0. The molecule has 0 saturated heterocycles. The molecular weight excluding hydrogens is 228 g/mol. The summed E-state index contributed by atoms with van der Waals surface area (Å²) in [6, 6.07) is 9.22. The van der Waals surface area contributed by atoms with E-state index in [0.29, 0.717) is 0 Å². The van der Waals surface area contributed by atoms with Gasteiger partial charge in [-0.15, -0.1) is 0 Å². The Labute approximate surface area is 107 Å². The molecule has 0 aliphatic heterocycles. The van der Waals surface area contributed by atoms with Crippen molar-refractivity contribution < 1.29 is 14.3 Å². The summed E-state index contributed by atoms with van der Waals surface area (Å²) >= 11 is 0. The van der Waals surface area contributed by atoms with Crippen LogP contribution in [0.3, 0.4) is 0 Å². The van der Waals surface area contributed by atoms with E-state index in [1.807, 2.05) is 38.1 Å². The zero-order chi connectivity index (χ0) is 13.2. The Morgan fingerprint density at radius 2 is 1.78 bits per heavy atom. The first-order valence-electron chi connectivity index (χ1n) is 6.02. The summed E-state index contributed by atoms with van der Waals surface area (Å²) in [5.41, 5.74) is 0.489. The van der Waals surface area contributed by atoms with Gasteiger partial charge in [0.25, 0.3) is 0 Å². The number of rotatable bonds is 4. The molecule has 0 amide bonds. The molecule has 96 valence electrons. The fourth-order valence-corrected chi connectivity index (χ4v) is 1.84. The van der Waals surface area contributed by atoms with Gasteiger partial charge in [-0.2, -0.15) is 0 Å². The van der Waals surface area contributed by atoms with Crippen LogP contribution in [0.4, 0.5) is 0 Å². The van der Waals surface area contributed by atoms with E-state index in [1.54, 1.807) is 25.5 Å². The van der Waals surface area contributed by atoms with Crippen LogP contribution in [0.15, 0.2) is 47.3 Å². The van der Waals surface area contributed by atoms with Gasteiger partial charge in [-0.3, -0.25) is 0 Å². The lowest BCUT2D eigenvalue weighted by Crippen LogP contribution is -2.21. The van der Waals surface area contributed by atoms with E-state index in [0.717, 1.165) is 16.9 Å². The quantitative estimate of drug-likeness (QED) is 0.899. The lowest BCUT2D eigenvalue weighted by Gasteiger charge is -2.22. The first-order valence-corrected chi connectivity index (χ1v) is 6.02. The summed E-state index contributed by atoms with van der Waals surface area (Å²) in [6.07, 6.45) is 3.25. The molecule has 1 aromatic carbocycles. The molecule has 1 heterocycles. The van der Waals surface area contributed by atoms with Gasteiger partial charge in [-0.1, -0.05) is 12.1 Å². The predicted octanol–water partition coefficient (Wildman–Crippen LogP) is 3.32. The molecule has 2 aromatic rings. The topological polar surface area (TPSA) is 42.6 Å². The van der Waals surface area contributed by atoms with Gasteiger partial charge in [-0.25, -0.2) is 0 Å². The monoisotopic (exact) mass is 246 g/mol. The molecule has 0 radical (unpaired) electrons. The molecule has 0 spiro atoms. The maximum absolute atomic E-state index is 10.5. The molecule has 0 fully saturated rings. The van der Waals surface area contributed by atoms with Crippen LogP contribution in [0, 0.1) is 0 Å². The second kappa shape index (κ2) is 4.86. The molecule has 3 heteroatoms. The van der Waals surface area contributed by atoms with Gasteiger partial charge in [0.15, 0.2) is 0 Å². The number of hydrogen-bond donors (Lipinski definition) is 1. The van der Waals surface area contributed by atoms with Crippen molar-refractivity contribution in [3.63, 3.8) is 0 Å². The molecule has 0 bridgehead atoms. The van der Waals surface area contributed by atoms with E-state index in [1.165, 1.54) is 0 Å². The zero-order valence-corrected chi connectivity index (χ0v) is 10.9. The van der Waals surface area contributed by atoms with Crippen LogP contribution in [0.1, 0.15) is 31.9 Å².